The number of aromatic nitrogens is 1. The molecule has 1 fully saturated rings. The van der Waals surface area contributed by atoms with Gasteiger partial charge in [0.1, 0.15) is 5.82 Å². The van der Waals surface area contributed by atoms with Gasteiger partial charge >= 0.3 is 0 Å². The van der Waals surface area contributed by atoms with Gasteiger partial charge in [0, 0.05) is 19.0 Å². The van der Waals surface area contributed by atoms with E-state index in [0.717, 1.165) is 30.6 Å². The summed E-state index contributed by atoms with van der Waals surface area (Å²) in [5, 5.41) is 3.31. The summed E-state index contributed by atoms with van der Waals surface area (Å²) in [6.45, 7) is 7.98. The highest BCUT2D eigenvalue weighted by atomic mass is 32.2. The fourth-order valence-electron chi connectivity index (χ4n) is 3.87. The molecule has 0 saturated heterocycles. The summed E-state index contributed by atoms with van der Waals surface area (Å²) in [6.07, 6.45) is 7.69. The Kier molecular flexibility index (Phi) is 5.15. The van der Waals surface area contributed by atoms with Crippen molar-refractivity contribution >= 4 is 15.7 Å². The summed E-state index contributed by atoms with van der Waals surface area (Å²) >= 11 is 0. The second-order valence-corrected chi connectivity index (χ2v) is 9.66. The number of rotatable bonds is 5. The summed E-state index contributed by atoms with van der Waals surface area (Å²) in [7, 11) is -3.17. The predicted octanol–water partition coefficient (Wildman–Crippen LogP) is 3.75. The Bertz CT molecular complexity index is 594. The maximum atomic E-state index is 11.4. The number of hydrogen-bond acceptors (Lipinski definition) is 4. The maximum Gasteiger partial charge on any atom is 0.177 e. The van der Waals surface area contributed by atoms with Crippen LogP contribution in [0.1, 0.15) is 46.5 Å². The Hall–Kier alpha value is -1.10. The van der Waals surface area contributed by atoms with Gasteiger partial charge in [0.15, 0.2) is 9.84 Å². The molecule has 124 valence electrons. The second kappa shape index (κ2) is 6.57. The Labute approximate surface area is 134 Å². The van der Waals surface area contributed by atoms with Crippen LogP contribution in [0.4, 0.5) is 5.82 Å². The van der Waals surface area contributed by atoms with Gasteiger partial charge in [-0.3, -0.25) is 0 Å². The second-order valence-electron chi connectivity index (χ2n) is 7.65. The van der Waals surface area contributed by atoms with E-state index in [1.54, 1.807) is 12.1 Å². The highest BCUT2D eigenvalue weighted by Crippen LogP contribution is 2.42. The Morgan fingerprint density at radius 1 is 1.32 bits per heavy atom. The lowest BCUT2D eigenvalue weighted by molar-refractivity contribution is 0.129. The number of nitrogens with zero attached hydrogens (tertiary/aromatic N) is 1. The van der Waals surface area contributed by atoms with Gasteiger partial charge in [0.05, 0.1) is 4.90 Å². The van der Waals surface area contributed by atoms with Gasteiger partial charge < -0.3 is 5.32 Å². The minimum Gasteiger partial charge on any atom is -0.370 e. The lowest BCUT2D eigenvalue weighted by atomic mass is 9.67. The van der Waals surface area contributed by atoms with Crippen LogP contribution in [0.25, 0.3) is 0 Å². The van der Waals surface area contributed by atoms with Crippen molar-refractivity contribution in [3.8, 4) is 0 Å². The molecular formula is C17H28N2O2S. The predicted molar refractivity (Wildman–Crippen MR) is 90.7 cm³/mol. The molecule has 0 aliphatic heterocycles. The van der Waals surface area contributed by atoms with Crippen LogP contribution < -0.4 is 5.32 Å². The van der Waals surface area contributed by atoms with Gasteiger partial charge in [-0.15, -0.1) is 0 Å². The van der Waals surface area contributed by atoms with Crippen LogP contribution in [0, 0.1) is 17.3 Å². The zero-order valence-electron chi connectivity index (χ0n) is 14.1. The quantitative estimate of drug-likeness (QED) is 0.896. The van der Waals surface area contributed by atoms with Crippen molar-refractivity contribution in [2.24, 2.45) is 17.3 Å². The SMILES string of the molecule is CC1CC(CCNc2ccc(S(C)(=O)=O)cn2)CC(C)(C)C1. The number of nitrogens with one attached hydrogen (secondary N) is 1. The molecule has 1 heterocycles. The van der Waals surface area contributed by atoms with Gasteiger partial charge in [-0.25, -0.2) is 13.4 Å². The molecular weight excluding hydrogens is 296 g/mol. The van der Waals surface area contributed by atoms with Gasteiger partial charge in [-0.1, -0.05) is 20.8 Å². The zero-order chi connectivity index (χ0) is 16.4. The average molecular weight is 324 g/mol. The van der Waals surface area contributed by atoms with E-state index < -0.39 is 9.84 Å². The molecule has 1 aliphatic rings. The molecule has 2 rings (SSSR count). The van der Waals surface area contributed by atoms with Crippen LogP contribution in [0.2, 0.25) is 0 Å². The molecule has 0 spiro atoms. The normalized spacial score (nSPS) is 24.9. The first kappa shape index (κ1) is 17.3. The third-order valence-corrected chi connectivity index (χ3v) is 5.60. The molecule has 1 N–H and O–H groups in total. The fourth-order valence-corrected chi connectivity index (χ4v) is 4.43. The standard InChI is InChI=1S/C17H28N2O2S/c1-13-9-14(11-17(2,3)10-13)7-8-18-16-6-5-15(12-19-16)22(4,20)21/h5-6,12-14H,7-11H2,1-4H3,(H,18,19). The van der Waals surface area contributed by atoms with Crippen molar-refractivity contribution in [1.29, 1.82) is 0 Å². The van der Waals surface area contributed by atoms with E-state index >= 15 is 0 Å². The van der Waals surface area contributed by atoms with Crippen molar-refractivity contribution < 1.29 is 8.42 Å². The molecule has 1 aromatic heterocycles. The molecule has 0 radical (unpaired) electrons. The zero-order valence-corrected chi connectivity index (χ0v) is 14.9. The molecule has 0 bridgehead atoms. The van der Waals surface area contributed by atoms with Crippen LogP contribution in [-0.4, -0.2) is 26.2 Å². The third kappa shape index (κ3) is 4.97. The van der Waals surface area contributed by atoms with Gasteiger partial charge in [-0.2, -0.15) is 0 Å². The number of pyridine rings is 1. The first-order valence-corrected chi connectivity index (χ1v) is 9.95. The van der Waals surface area contributed by atoms with E-state index in [9.17, 15) is 8.42 Å². The summed E-state index contributed by atoms with van der Waals surface area (Å²) in [6, 6.07) is 3.35. The molecule has 0 amide bonds. The molecule has 2 atom stereocenters. The summed E-state index contributed by atoms with van der Waals surface area (Å²) in [4.78, 5) is 4.45. The lowest BCUT2D eigenvalue weighted by Crippen LogP contribution is -2.28. The first-order chi connectivity index (χ1) is 10.2. The Morgan fingerprint density at radius 3 is 2.59 bits per heavy atom. The monoisotopic (exact) mass is 324 g/mol. The molecule has 4 nitrogen and oxygen atoms in total. The molecule has 1 aliphatic carbocycles. The average Bonchev–Trinajstić information content (AvgIpc) is 2.36. The van der Waals surface area contributed by atoms with Crippen molar-refractivity contribution in [3.05, 3.63) is 18.3 Å². The molecule has 5 heteroatoms. The van der Waals surface area contributed by atoms with Gasteiger partial charge in [0.25, 0.3) is 0 Å². The van der Waals surface area contributed by atoms with Crippen molar-refractivity contribution in [2.75, 3.05) is 18.1 Å². The first-order valence-electron chi connectivity index (χ1n) is 8.06. The third-order valence-electron chi connectivity index (χ3n) is 4.50. The smallest absolute Gasteiger partial charge is 0.177 e. The van der Waals surface area contributed by atoms with E-state index in [2.05, 4.69) is 31.1 Å². The largest absolute Gasteiger partial charge is 0.370 e. The van der Waals surface area contributed by atoms with Crippen LogP contribution in [0.3, 0.4) is 0 Å². The topological polar surface area (TPSA) is 59.1 Å². The van der Waals surface area contributed by atoms with Crippen LogP contribution in [0.5, 0.6) is 0 Å². The number of hydrogen-bond donors (Lipinski definition) is 1. The van der Waals surface area contributed by atoms with Crippen LogP contribution >= 0.6 is 0 Å². The Morgan fingerprint density at radius 2 is 2.05 bits per heavy atom. The molecule has 22 heavy (non-hydrogen) atoms. The maximum absolute atomic E-state index is 11.4. The van der Waals surface area contributed by atoms with Gasteiger partial charge in [-0.05, 0) is 55.1 Å². The summed E-state index contributed by atoms with van der Waals surface area (Å²) < 4.78 is 22.8. The highest BCUT2D eigenvalue weighted by molar-refractivity contribution is 7.90. The summed E-state index contributed by atoms with van der Waals surface area (Å²) in [5.74, 6) is 2.32. The van der Waals surface area contributed by atoms with E-state index in [1.165, 1.54) is 31.7 Å². The lowest BCUT2D eigenvalue weighted by Gasteiger charge is -2.39. The fraction of sp³-hybridized carbons (Fsp3) is 0.706. The van der Waals surface area contributed by atoms with Crippen molar-refractivity contribution in [2.45, 2.75) is 51.3 Å². The molecule has 0 aromatic carbocycles. The molecule has 1 saturated carbocycles. The number of sulfone groups is 1. The Balaban J connectivity index is 1.84. The van der Waals surface area contributed by atoms with E-state index in [4.69, 9.17) is 0 Å². The van der Waals surface area contributed by atoms with E-state index in [0.29, 0.717) is 5.41 Å². The van der Waals surface area contributed by atoms with Crippen molar-refractivity contribution in [1.82, 2.24) is 4.98 Å². The minimum atomic E-state index is -3.17. The highest BCUT2D eigenvalue weighted by Gasteiger charge is 2.31. The van der Waals surface area contributed by atoms with E-state index in [1.807, 2.05) is 0 Å². The van der Waals surface area contributed by atoms with Crippen molar-refractivity contribution in [3.63, 3.8) is 0 Å². The van der Waals surface area contributed by atoms with Crippen LogP contribution in [-0.2, 0) is 9.84 Å². The van der Waals surface area contributed by atoms with E-state index in [-0.39, 0.29) is 4.90 Å². The summed E-state index contributed by atoms with van der Waals surface area (Å²) in [5.41, 5.74) is 0.456. The van der Waals surface area contributed by atoms with Crippen LogP contribution in [0.15, 0.2) is 23.2 Å². The van der Waals surface area contributed by atoms with Gasteiger partial charge in [0.2, 0.25) is 0 Å². The molecule has 1 aromatic rings. The molecule has 2 unspecified atom stereocenters. The minimum absolute atomic E-state index is 0.265. The number of anilines is 1.